The molecule has 0 amide bonds. The van der Waals surface area contributed by atoms with Crippen LogP contribution in [0.1, 0.15) is 12.0 Å². The number of aryl methyl sites for hydroxylation is 1. The van der Waals surface area contributed by atoms with E-state index in [0.717, 1.165) is 12.1 Å². The molecule has 2 unspecified atom stereocenters. The summed E-state index contributed by atoms with van der Waals surface area (Å²) in [5.74, 6) is 0. The van der Waals surface area contributed by atoms with Crippen molar-refractivity contribution >= 4 is 5.69 Å². The molecule has 2 aliphatic rings. The van der Waals surface area contributed by atoms with Crippen LogP contribution in [0.25, 0.3) is 0 Å². The van der Waals surface area contributed by atoms with Crippen molar-refractivity contribution < 1.29 is 0 Å². The fourth-order valence-corrected chi connectivity index (χ4v) is 2.92. The Bertz CT molecular complexity index is 355. The van der Waals surface area contributed by atoms with Gasteiger partial charge in [0.2, 0.25) is 0 Å². The van der Waals surface area contributed by atoms with Crippen LogP contribution in [-0.2, 0) is 0 Å². The Morgan fingerprint density at radius 3 is 2.33 bits per heavy atom. The molecule has 2 heteroatoms. The van der Waals surface area contributed by atoms with E-state index in [2.05, 4.69) is 48.0 Å². The second-order valence-electron chi connectivity index (χ2n) is 4.97. The molecule has 2 aliphatic heterocycles. The minimum Gasteiger partial charge on any atom is -0.366 e. The molecule has 1 aromatic rings. The number of likely N-dealkylation sites (tertiary alicyclic amines) is 1. The number of nitrogens with zero attached hydrogens (tertiary/aromatic N) is 2. The van der Waals surface area contributed by atoms with Gasteiger partial charge in [-0.15, -0.1) is 0 Å². The lowest BCUT2D eigenvalue weighted by Crippen LogP contribution is -2.44. The van der Waals surface area contributed by atoms with E-state index >= 15 is 0 Å². The Morgan fingerprint density at radius 1 is 1.07 bits per heavy atom. The highest BCUT2D eigenvalue weighted by Crippen LogP contribution is 2.33. The maximum Gasteiger partial charge on any atom is 0.0433 e. The van der Waals surface area contributed by atoms with Gasteiger partial charge in [-0.3, -0.25) is 4.90 Å². The van der Waals surface area contributed by atoms with Crippen molar-refractivity contribution in [3.63, 3.8) is 0 Å². The smallest absolute Gasteiger partial charge is 0.0433 e. The molecule has 0 radical (unpaired) electrons. The van der Waals surface area contributed by atoms with Gasteiger partial charge in [0.05, 0.1) is 0 Å². The van der Waals surface area contributed by atoms with Crippen LogP contribution in [0.4, 0.5) is 5.69 Å². The van der Waals surface area contributed by atoms with Crippen molar-refractivity contribution in [2.75, 3.05) is 25.0 Å². The summed E-state index contributed by atoms with van der Waals surface area (Å²) in [6.45, 7) is 4.59. The second-order valence-corrected chi connectivity index (χ2v) is 4.97. The van der Waals surface area contributed by atoms with Crippen LogP contribution >= 0.6 is 0 Å². The molecule has 1 aromatic carbocycles. The monoisotopic (exact) mass is 202 g/mol. The third-order valence-electron chi connectivity index (χ3n) is 3.88. The van der Waals surface area contributed by atoms with Gasteiger partial charge in [-0.1, -0.05) is 17.7 Å². The molecule has 2 saturated heterocycles. The highest BCUT2D eigenvalue weighted by molar-refractivity contribution is 5.50. The van der Waals surface area contributed by atoms with Crippen LogP contribution in [-0.4, -0.2) is 37.1 Å². The summed E-state index contributed by atoms with van der Waals surface area (Å²) >= 11 is 0. The normalized spacial score (nSPS) is 30.1. The number of hydrogen-bond acceptors (Lipinski definition) is 2. The molecule has 2 nitrogen and oxygen atoms in total. The van der Waals surface area contributed by atoms with E-state index in [9.17, 15) is 0 Å². The van der Waals surface area contributed by atoms with Gasteiger partial charge in [-0.25, -0.2) is 0 Å². The summed E-state index contributed by atoms with van der Waals surface area (Å²) in [5, 5.41) is 0. The van der Waals surface area contributed by atoms with Crippen molar-refractivity contribution in [3.8, 4) is 0 Å². The van der Waals surface area contributed by atoms with Gasteiger partial charge in [0, 0.05) is 30.9 Å². The van der Waals surface area contributed by atoms with Crippen LogP contribution in [0, 0.1) is 6.92 Å². The van der Waals surface area contributed by atoms with E-state index in [0.29, 0.717) is 0 Å². The highest BCUT2D eigenvalue weighted by atomic mass is 15.3. The minimum atomic E-state index is 0.753. The molecule has 80 valence electrons. The van der Waals surface area contributed by atoms with Crippen molar-refractivity contribution in [3.05, 3.63) is 29.8 Å². The summed E-state index contributed by atoms with van der Waals surface area (Å²) < 4.78 is 0. The van der Waals surface area contributed by atoms with E-state index in [1.807, 2.05) is 0 Å². The third-order valence-corrected chi connectivity index (χ3v) is 3.88. The quantitative estimate of drug-likeness (QED) is 0.686. The van der Waals surface area contributed by atoms with E-state index in [4.69, 9.17) is 0 Å². The van der Waals surface area contributed by atoms with Crippen LogP contribution in [0.15, 0.2) is 24.3 Å². The first-order valence-corrected chi connectivity index (χ1v) is 5.77. The van der Waals surface area contributed by atoms with E-state index in [1.54, 1.807) is 0 Å². The Balaban J connectivity index is 1.83. The van der Waals surface area contributed by atoms with E-state index < -0.39 is 0 Å². The molecular weight excluding hydrogens is 184 g/mol. The first-order valence-electron chi connectivity index (χ1n) is 5.77. The van der Waals surface area contributed by atoms with Crippen molar-refractivity contribution in [2.24, 2.45) is 0 Å². The van der Waals surface area contributed by atoms with Crippen molar-refractivity contribution in [1.29, 1.82) is 0 Å². The SMILES string of the molecule is Cc1ccc(N2CC3CC2CN3C)cc1. The summed E-state index contributed by atoms with van der Waals surface area (Å²) in [5.41, 5.74) is 2.75. The first kappa shape index (κ1) is 9.22. The lowest BCUT2D eigenvalue weighted by atomic mass is 10.2. The Morgan fingerprint density at radius 2 is 1.80 bits per heavy atom. The number of rotatable bonds is 1. The van der Waals surface area contributed by atoms with Crippen molar-refractivity contribution in [2.45, 2.75) is 25.4 Å². The first-order chi connectivity index (χ1) is 7.24. The summed E-state index contributed by atoms with van der Waals surface area (Å²) in [7, 11) is 2.25. The third kappa shape index (κ3) is 1.44. The van der Waals surface area contributed by atoms with Gasteiger partial charge >= 0.3 is 0 Å². The standard InChI is InChI=1S/C13H18N2/c1-10-3-5-11(6-4-10)15-9-12-7-13(15)8-14(12)2/h3-6,12-13H,7-9H2,1-2H3. The number of fused-ring (bicyclic) bond motifs is 2. The second kappa shape index (κ2) is 3.24. The minimum absolute atomic E-state index is 0.753. The van der Waals surface area contributed by atoms with Crippen LogP contribution in [0.3, 0.4) is 0 Å². The zero-order valence-corrected chi connectivity index (χ0v) is 9.48. The summed E-state index contributed by atoms with van der Waals surface area (Å²) in [6.07, 6.45) is 1.35. The molecule has 0 N–H and O–H groups in total. The largest absolute Gasteiger partial charge is 0.366 e. The average molecular weight is 202 g/mol. The molecule has 15 heavy (non-hydrogen) atoms. The lowest BCUT2D eigenvalue weighted by molar-refractivity contribution is 0.292. The fraction of sp³-hybridized carbons (Fsp3) is 0.538. The van der Waals surface area contributed by atoms with Crippen LogP contribution in [0.2, 0.25) is 0 Å². The van der Waals surface area contributed by atoms with Crippen molar-refractivity contribution in [1.82, 2.24) is 4.90 Å². The number of anilines is 1. The summed E-state index contributed by atoms with van der Waals surface area (Å²) in [6, 6.07) is 10.5. The topological polar surface area (TPSA) is 6.48 Å². The van der Waals surface area contributed by atoms with E-state index in [1.165, 1.54) is 30.8 Å². The predicted molar refractivity (Wildman–Crippen MR) is 63.3 cm³/mol. The van der Waals surface area contributed by atoms with E-state index in [-0.39, 0.29) is 0 Å². The van der Waals surface area contributed by atoms with Gasteiger partial charge in [-0.05, 0) is 32.5 Å². The molecule has 0 aromatic heterocycles. The molecule has 2 heterocycles. The number of benzene rings is 1. The van der Waals surface area contributed by atoms with Gasteiger partial charge in [0.1, 0.15) is 0 Å². The highest BCUT2D eigenvalue weighted by Gasteiger charge is 2.41. The molecular formula is C13H18N2. The Kier molecular flexibility index (Phi) is 1.99. The molecule has 2 atom stereocenters. The zero-order chi connectivity index (χ0) is 10.4. The van der Waals surface area contributed by atoms with Gasteiger partial charge in [0.15, 0.2) is 0 Å². The summed E-state index contributed by atoms with van der Waals surface area (Å²) in [4.78, 5) is 5.07. The number of likely N-dealkylation sites (N-methyl/N-ethyl adjacent to an activating group) is 1. The fourth-order valence-electron chi connectivity index (χ4n) is 2.92. The lowest BCUT2D eigenvalue weighted by Gasteiger charge is -2.33. The van der Waals surface area contributed by atoms with Crippen LogP contribution < -0.4 is 4.90 Å². The molecule has 2 fully saturated rings. The van der Waals surface area contributed by atoms with Gasteiger partial charge in [-0.2, -0.15) is 0 Å². The van der Waals surface area contributed by atoms with Crippen LogP contribution in [0.5, 0.6) is 0 Å². The Labute approximate surface area is 91.5 Å². The maximum atomic E-state index is 2.57. The predicted octanol–water partition coefficient (Wildman–Crippen LogP) is 1.89. The van der Waals surface area contributed by atoms with Gasteiger partial charge < -0.3 is 4.90 Å². The zero-order valence-electron chi connectivity index (χ0n) is 9.48. The Hall–Kier alpha value is -1.02. The molecule has 0 aliphatic carbocycles. The molecule has 0 saturated carbocycles. The van der Waals surface area contributed by atoms with Gasteiger partial charge in [0.25, 0.3) is 0 Å². The molecule has 0 spiro atoms. The number of piperazine rings is 1. The molecule has 2 bridgehead atoms. The average Bonchev–Trinajstić information content (AvgIpc) is 2.77. The number of hydrogen-bond donors (Lipinski definition) is 0. The molecule has 3 rings (SSSR count). The maximum absolute atomic E-state index is 2.57.